The van der Waals surface area contributed by atoms with Crippen molar-refractivity contribution < 1.29 is 4.79 Å². The Hall–Kier alpha value is -2.10. The lowest BCUT2D eigenvalue weighted by Gasteiger charge is -2.31. The number of nitrogens with zero attached hydrogens (tertiary/aromatic N) is 5. The number of hydrogen-bond donors (Lipinski definition) is 3. The van der Waals surface area contributed by atoms with Gasteiger partial charge in [0.25, 0.3) is 0 Å². The zero-order valence-corrected chi connectivity index (χ0v) is 13.8. The predicted molar refractivity (Wildman–Crippen MR) is 85.2 cm³/mol. The quantitative estimate of drug-likeness (QED) is 0.552. The molecule has 1 saturated heterocycles. The SMILES string of the molecule is Cc1nc([C@@H]2CCCN(C(=O)NCCSc3cn[nH]n3)C2)n[nH]1. The highest BCUT2D eigenvalue weighted by Gasteiger charge is 2.26. The van der Waals surface area contributed by atoms with E-state index in [0.29, 0.717) is 13.1 Å². The van der Waals surface area contributed by atoms with E-state index in [4.69, 9.17) is 0 Å². The first-order chi connectivity index (χ1) is 11.2. The van der Waals surface area contributed by atoms with Gasteiger partial charge in [0.15, 0.2) is 5.82 Å². The second-order valence-corrected chi connectivity index (χ2v) is 6.57. The molecular weight excluding hydrogens is 316 g/mol. The van der Waals surface area contributed by atoms with Crippen molar-refractivity contribution >= 4 is 17.8 Å². The number of aromatic nitrogens is 6. The summed E-state index contributed by atoms with van der Waals surface area (Å²) >= 11 is 1.55. The molecule has 1 aliphatic heterocycles. The molecule has 2 aromatic heterocycles. The summed E-state index contributed by atoms with van der Waals surface area (Å²) in [6.45, 7) is 3.93. The number of carbonyl (C=O) groups excluding carboxylic acids is 1. The first-order valence-electron chi connectivity index (χ1n) is 7.62. The third kappa shape index (κ3) is 4.21. The maximum absolute atomic E-state index is 12.3. The Morgan fingerprint density at radius 1 is 1.52 bits per heavy atom. The van der Waals surface area contributed by atoms with Crippen LogP contribution in [0.1, 0.15) is 30.4 Å². The number of urea groups is 1. The number of thioether (sulfide) groups is 1. The minimum Gasteiger partial charge on any atom is -0.337 e. The number of aromatic amines is 2. The summed E-state index contributed by atoms with van der Waals surface area (Å²) < 4.78 is 0. The Morgan fingerprint density at radius 3 is 3.17 bits per heavy atom. The van der Waals surface area contributed by atoms with Gasteiger partial charge < -0.3 is 10.2 Å². The standard InChI is InChI=1S/C13H20N8OS/c1-9-16-12(19-17-9)10-3-2-5-21(8-10)13(22)14-4-6-23-11-7-15-20-18-11/h7,10H,2-6,8H2,1H3,(H,14,22)(H,15,18,20)(H,16,17,19)/t10-/m1/s1. The molecule has 1 fully saturated rings. The van der Waals surface area contributed by atoms with Crippen molar-refractivity contribution in [3.63, 3.8) is 0 Å². The van der Waals surface area contributed by atoms with Gasteiger partial charge in [-0.1, -0.05) is 0 Å². The van der Waals surface area contributed by atoms with Crippen LogP contribution in [0.5, 0.6) is 0 Å². The molecule has 0 bridgehead atoms. The van der Waals surface area contributed by atoms with Crippen LogP contribution in [0.2, 0.25) is 0 Å². The van der Waals surface area contributed by atoms with Gasteiger partial charge in [0.05, 0.1) is 6.20 Å². The number of carbonyl (C=O) groups is 1. The minimum atomic E-state index is -0.0253. The van der Waals surface area contributed by atoms with Crippen molar-refractivity contribution in [1.82, 2.24) is 40.8 Å². The van der Waals surface area contributed by atoms with Crippen molar-refractivity contribution in [2.45, 2.75) is 30.7 Å². The summed E-state index contributed by atoms with van der Waals surface area (Å²) in [5, 5.41) is 21.1. The monoisotopic (exact) mass is 336 g/mol. The van der Waals surface area contributed by atoms with E-state index in [1.165, 1.54) is 0 Å². The predicted octanol–water partition coefficient (Wildman–Crippen LogP) is 0.913. The Labute approximate surface area is 138 Å². The molecule has 0 spiro atoms. The number of rotatable bonds is 5. The van der Waals surface area contributed by atoms with Crippen LogP contribution < -0.4 is 5.32 Å². The molecular formula is C13H20N8OS. The highest BCUT2D eigenvalue weighted by molar-refractivity contribution is 7.99. The summed E-state index contributed by atoms with van der Waals surface area (Å²) in [6, 6.07) is -0.0253. The van der Waals surface area contributed by atoms with Crippen LogP contribution in [0.25, 0.3) is 0 Å². The van der Waals surface area contributed by atoms with Crippen LogP contribution >= 0.6 is 11.8 Å². The molecule has 124 valence electrons. The molecule has 9 nitrogen and oxygen atoms in total. The normalized spacial score (nSPS) is 18.1. The minimum absolute atomic E-state index is 0.0253. The molecule has 0 saturated carbocycles. The van der Waals surface area contributed by atoms with E-state index in [9.17, 15) is 4.79 Å². The fourth-order valence-corrected chi connectivity index (χ4v) is 3.25. The molecule has 0 unspecified atom stereocenters. The van der Waals surface area contributed by atoms with E-state index in [1.54, 1.807) is 18.0 Å². The maximum Gasteiger partial charge on any atom is 0.317 e. The summed E-state index contributed by atoms with van der Waals surface area (Å²) in [5.74, 6) is 2.59. The maximum atomic E-state index is 12.3. The van der Waals surface area contributed by atoms with Crippen molar-refractivity contribution in [2.75, 3.05) is 25.4 Å². The van der Waals surface area contributed by atoms with Gasteiger partial charge in [-0.2, -0.15) is 15.4 Å². The molecule has 2 aromatic rings. The largest absolute Gasteiger partial charge is 0.337 e. The number of hydrogen-bond acceptors (Lipinski definition) is 6. The van der Waals surface area contributed by atoms with Crippen molar-refractivity contribution in [3.05, 3.63) is 17.8 Å². The lowest BCUT2D eigenvalue weighted by Crippen LogP contribution is -2.45. The summed E-state index contributed by atoms with van der Waals surface area (Å²) in [6.07, 6.45) is 3.66. The second kappa shape index (κ2) is 7.44. The first kappa shape index (κ1) is 15.8. The average molecular weight is 336 g/mol. The fourth-order valence-electron chi connectivity index (χ4n) is 2.60. The zero-order chi connectivity index (χ0) is 16.1. The van der Waals surface area contributed by atoms with Gasteiger partial charge in [0, 0.05) is 31.3 Å². The third-order valence-corrected chi connectivity index (χ3v) is 4.61. The number of H-pyrrole nitrogens is 2. The Balaban J connectivity index is 1.43. The molecule has 1 aliphatic rings. The Bertz CT molecular complexity index is 628. The van der Waals surface area contributed by atoms with Gasteiger partial charge in [-0.05, 0) is 19.8 Å². The first-order valence-corrected chi connectivity index (χ1v) is 8.61. The van der Waals surface area contributed by atoms with E-state index in [1.807, 2.05) is 11.8 Å². The van der Waals surface area contributed by atoms with Crippen molar-refractivity contribution in [2.24, 2.45) is 0 Å². The highest BCUT2D eigenvalue weighted by Crippen LogP contribution is 2.24. The average Bonchev–Trinajstić information content (AvgIpc) is 3.23. The topological polar surface area (TPSA) is 115 Å². The molecule has 3 N–H and O–H groups in total. The number of amides is 2. The summed E-state index contributed by atoms with van der Waals surface area (Å²) in [7, 11) is 0. The number of likely N-dealkylation sites (tertiary alicyclic amines) is 1. The van der Waals surface area contributed by atoms with Crippen molar-refractivity contribution in [1.29, 1.82) is 0 Å². The molecule has 3 heterocycles. The molecule has 23 heavy (non-hydrogen) atoms. The lowest BCUT2D eigenvalue weighted by atomic mass is 9.98. The van der Waals surface area contributed by atoms with E-state index >= 15 is 0 Å². The van der Waals surface area contributed by atoms with Gasteiger partial charge in [0.2, 0.25) is 0 Å². The van der Waals surface area contributed by atoms with Gasteiger partial charge in [-0.15, -0.1) is 16.9 Å². The number of aryl methyl sites for hydroxylation is 1. The molecule has 2 amide bonds. The highest BCUT2D eigenvalue weighted by atomic mass is 32.2. The van der Waals surface area contributed by atoms with Gasteiger partial charge in [-0.3, -0.25) is 5.10 Å². The van der Waals surface area contributed by atoms with Crippen LogP contribution in [-0.4, -0.2) is 66.9 Å². The smallest absolute Gasteiger partial charge is 0.317 e. The molecule has 0 aromatic carbocycles. The van der Waals surface area contributed by atoms with E-state index in [2.05, 4.69) is 35.9 Å². The van der Waals surface area contributed by atoms with Crippen LogP contribution in [-0.2, 0) is 0 Å². The van der Waals surface area contributed by atoms with Crippen LogP contribution in [0.3, 0.4) is 0 Å². The van der Waals surface area contributed by atoms with Crippen LogP contribution in [0.15, 0.2) is 11.2 Å². The lowest BCUT2D eigenvalue weighted by molar-refractivity contribution is 0.179. The van der Waals surface area contributed by atoms with Crippen LogP contribution in [0.4, 0.5) is 4.79 Å². The Morgan fingerprint density at radius 2 is 2.43 bits per heavy atom. The summed E-state index contributed by atoms with van der Waals surface area (Å²) in [5.41, 5.74) is 0. The van der Waals surface area contributed by atoms with Gasteiger partial charge in [-0.25, -0.2) is 9.78 Å². The number of nitrogens with one attached hydrogen (secondary N) is 3. The molecule has 10 heteroatoms. The molecule has 1 atom stereocenters. The summed E-state index contributed by atoms with van der Waals surface area (Å²) in [4.78, 5) is 18.5. The second-order valence-electron chi connectivity index (χ2n) is 5.45. The van der Waals surface area contributed by atoms with Crippen LogP contribution in [0, 0.1) is 6.92 Å². The molecule has 3 rings (SSSR count). The third-order valence-electron chi connectivity index (χ3n) is 3.71. The van der Waals surface area contributed by atoms with Gasteiger partial charge in [0.1, 0.15) is 10.9 Å². The Kier molecular flexibility index (Phi) is 5.11. The van der Waals surface area contributed by atoms with E-state index in [-0.39, 0.29) is 11.9 Å². The van der Waals surface area contributed by atoms with E-state index in [0.717, 1.165) is 41.8 Å². The zero-order valence-electron chi connectivity index (χ0n) is 12.9. The number of piperidine rings is 1. The fraction of sp³-hybridized carbons (Fsp3) is 0.615. The van der Waals surface area contributed by atoms with Gasteiger partial charge >= 0.3 is 6.03 Å². The molecule has 0 aliphatic carbocycles. The van der Waals surface area contributed by atoms with Crippen molar-refractivity contribution in [3.8, 4) is 0 Å². The van der Waals surface area contributed by atoms with E-state index < -0.39 is 0 Å². The molecule has 0 radical (unpaired) electrons.